The Balaban J connectivity index is 1.75. The van der Waals surface area contributed by atoms with Crippen molar-refractivity contribution in [1.82, 2.24) is 5.43 Å². The predicted molar refractivity (Wildman–Crippen MR) is 123 cm³/mol. The van der Waals surface area contributed by atoms with Gasteiger partial charge < -0.3 is 5.32 Å². The van der Waals surface area contributed by atoms with Crippen molar-refractivity contribution in [3.8, 4) is 0 Å². The fraction of sp³-hybridized carbons (Fsp3) is 0.261. The molecule has 0 radical (unpaired) electrons. The van der Waals surface area contributed by atoms with E-state index in [-0.39, 0.29) is 24.7 Å². The fourth-order valence-corrected chi connectivity index (χ4v) is 2.79. The highest BCUT2D eigenvalue weighted by molar-refractivity contribution is 9.10. The van der Waals surface area contributed by atoms with Crippen molar-refractivity contribution in [2.75, 3.05) is 5.32 Å². The molecule has 2 amide bonds. The summed E-state index contributed by atoms with van der Waals surface area (Å²) in [4.78, 5) is 23.8. The number of hydrogen-bond acceptors (Lipinski definition) is 3. The third-order valence-electron chi connectivity index (χ3n) is 4.16. The van der Waals surface area contributed by atoms with Crippen molar-refractivity contribution in [2.45, 2.75) is 39.5 Å². The molecule has 0 saturated carbocycles. The van der Waals surface area contributed by atoms with Crippen LogP contribution < -0.4 is 10.7 Å². The maximum atomic E-state index is 11.9. The largest absolute Gasteiger partial charge is 0.326 e. The van der Waals surface area contributed by atoms with Crippen molar-refractivity contribution >= 4 is 45.7 Å². The van der Waals surface area contributed by atoms with Crippen LogP contribution in [0.5, 0.6) is 0 Å². The Morgan fingerprint density at radius 2 is 1.62 bits per heavy atom. The van der Waals surface area contributed by atoms with Gasteiger partial charge in [0.05, 0.1) is 6.21 Å². The number of amides is 2. The van der Waals surface area contributed by atoms with E-state index in [1.54, 1.807) is 18.3 Å². The van der Waals surface area contributed by atoms with Gasteiger partial charge in [-0.25, -0.2) is 5.43 Å². The number of nitrogens with one attached hydrogen (secondary N) is 2. The number of hydrazone groups is 1. The van der Waals surface area contributed by atoms with Gasteiger partial charge in [0.25, 0.3) is 0 Å². The molecule has 0 spiro atoms. The van der Waals surface area contributed by atoms with E-state index in [2.05, 4.69) is 69.9 Å². The SMILES string of the molecule is CC(C=NNC(=O)CCC(=O)Nc1ccc(Br)cc1)=Cc1ccc(C(C)C)cc1. The number of anilines is 1. The number of halogens is 1. The lowest BCUT2D eigenvalue weighted by molar-refractivity contribution is -0.124. The maximum Gasteiger partial charge on any atom is 0.240 e. The molecule has 6 heteroatoms. The lowest BCUT2D eigenvalue weighted by atomic mass is 10.0. The average molecular weight is 456 g/mol. The molecule has 0 fully saturated rings. The van der Waals surface area contributed by atoms with E-state index >= 15 is 0 Å². The van der Waals surface area contributed by atoms with Crippen molar-refractivity contribution in [1.29, 1.82) is 0 Å². The number of carbonyl (C=O) groups excluding carboxylic acids is 2. The summed E-state index contributed by atoms with van der Waals surface area (Å²) in [5.74, 6) is -0.0171. The summed E-state index contributed by atoms with van der Waals surface area (Å²) in [7, 11) is 0. The summed E-state index contributed by atoms with van der Waals surface area (Å²) in [6.45, 7) is 6.24. The second-order valence-electron chi connectivity index (χ2n) is 7.06. The number of allylic oxidation sites excluding steroid dienone is 1. The Morgan fingerprint density at radius 3 is 2.24 bits per heavy atom. The zero-order valence-electron chi connectivity index (χ0n) is 16.9. The van der Waals surface area contributed by atoms with E-state index in [4.69, 9.17) is 0 Å². The van der Waals surface area contributed by atoms with Crippen LogP contribution in [0.15, 0.2) is 63.7 Å². The maximum absolute atomic E-state index is 11.9. The second-order valence-corrected chi connectivity index (χ2v) is 7.97. The molecule has 0 aromatic heterocycles. The molecule has 29 heavy (non-hydrogen) atoms. The number of carbonyl (C=O) groups is 2. The smallest absolute Gasteiger partial charge is 0.240 e. The van der Waals surface area contributed by atoms with Gasteiger partial charge in [0.1, 0.15) is 0 Å². The Morgan fingerprint density at radius 1 is 1.00 bits per heavy atom. The van der Waals surface area contributed by atoms with E-state index in [0.29, 0.717) is 11.6 Å². The Labute approximate surface area is 180 Å². The highest BCUT2D eigenvalue weighted by atomic mass is 79.9. The molecule has 5 nitrogen and oxygen atoms in total. The molecule has 0 aliphatic rings. The van der Waals surface area contributed by atoms with Crippen LogP contribution in [-0.2, 0) is 9.59 Å². The quantitative estimate of drug-likeness (QED) is 0.407. The van der Waals surface area contributed by atoms with Crippen molar-refractivity contribution < 1.29 is 9.59 Å². The predicted octanol–water partition coefficient (Wildman–Crippen LogP) is 5.50. The molecule has 2 aromatic carbocycles. The molecule has 152 valence electrons. The highest BCUT2D eigenvalue weighted by Gasteiger charge is 2.06. The van der Waals surface area contributed by atoms with Crippen molar-refractivity contribution in [3.63, 3.8) is 0 Å². The van der Waals surface area contributed by atoms with Gasteiger partial charge >= 0.3 is 0 Å². The zero-order valence-corrected chi connectivity index (χ0v) is 18.5. The molecule has 2 rings (SSSR count). The highest BCUT2D eigenvalue weighted by Crippen LogP contribution is 2.16. The van der Waals surface area contributed by atoms with Gasteiger partial charge in [-0.2, -0.15) is 5.10 Å². The van der Waals surface area contributed by atoms with E-state index < -0.39 is 0 Å². The molecule has 0 saturated heterocycles. The summed E-state index contributed by atoms with van der Waals surface area (Å²) in [6, 6.07) is 15.6. The topological polar surface area (TPSA) is 70.6 Å². The molecular weight excluding hydrogens is 430 g/mol. The van der Waals surface area contributed by atoms with Crippen LogP contribution in [0.3, 0.4) is 0 Å². The van der Waals surface area contributed by atoms with Crippen LogP contribution in [0.2, 0.25) is 0 Å². The normalized spacial score (nSPS) is 11.7. The number of rotatable bonds is 8. The Kier molecular flexibility index (Phi) is 8.80. The standard InChI is InChI=1S/C23H26BrN3O2/c1-16(2)19-6-4-18(5-7-19)14-17(3)15-25-27-23(29)13-12-22(28)26-21-10-8-20(24)9-11-21/h4-11,14-16H,12-13H2,1-3H3,(H,26,28)(H,27,29). The second kappa shape index (κ2) is 11.3. The van der Waals surface area contributed by atoms with E-state index in [1.165, 1.54) is 5.56 Å². The van der Waals surface area contributed by atoms with Gasteiger partial charge in [-0.1, -0.05) is 60.1 Å². The molecule has 2 N–H and O–H groups in total. The molecule has 0 aliphatic carbocycles. The lowest BCUT2D eigenvalue weighted by Crippen LogP contribution is -2.20. The molecule has 0 bridgehead atoms. The summed E-state index contributed by atoms with van der Waals surface area (Å²) < 4.78 is 0.935. The van der Waals surface area contributed by atoms with E-state index in [0.717, 1.165) is 15.6 Å². The first-order valence-corrected chi connectivity index (χ1v) is 10.3. The number of hydrogen-bond donors (Lipinski definition) is 2. The van der Waals surface area contributed by atoms with Crippen LogP contribution in [-0.4, -0.2) is 18.0 Å². The first-order valence-electron chi connectivity index (χ1n) is 9.49. The summed E-state index contributed by atoms with van der Waals surface area (Å²) in [6.07, 6.45) is 3.75. The van der Waals surface area contributed by atoms with Crippen molar-refractivity contribution in [2.24, 2.45) is 5.10 Å². The van der Waals surface area contributed by atoms with Crippen LogP contribution in [0.4, 0.5) is 5.69 Å². The Hall–Kier alpha value is -2.73. The summed E-state index contributed by atoms with van der Waals surface area (Å²) in [5.41, 5.74) is 6.43. The third-order valence-corrected chi connectivity index (χ3v) is 4.69. The minimum Gasteiger partial charge on any atom is -0.326 e. The molecule has 0 unspecified atom stereocenters. The van der Waals surface area contributed by atoms with Gasteiger partial charge in [-0.15, -0.1) is 0 Å². The lowest BCUT2D eigenvalue weighted by Gasteiger charge is -2.05. The van der Waals surface area contributed by atoms with Crippen LogP contribution in [0, 0.1) is 0 Å². The van der Waals surface area contributed by atoms with Gasteiger partial charge in [0.15, 0.2) is 0 Å². The fourth-order valence-electron chi connectivity index (χ4n) is 2.52. The molecule has 0 heterocycles. The average Bonchev–Trinajstić information content (AvgIpc) is 2.68. The summed E-state index contributed by atoms with van der Waals surface area (Å²) >= 11 is 3.34. The minimum atomic E-state index is -0.304. The summed E-state index contributed by atoms with van der Waals surface area (Å²) in [5, 5.41) is 6.70. The first kappa shape index (κ1) is 22.6. The number of benzene rings is 2. The van der Waals surface area contributed by atoms with E-state index in [9.17, 15) is 9.59 Å². The molecule has 2 aromatic rings. The monoisotopic (exact) mass is 455 g/mol. The minimum absolute atomic E-state index is 0.0686. The van der Waals surface area contributed by atoms with Crippen molar-refractivity contribution in [3.05, 3.63) is 69.7 Å². The van der Waals surface area contributed by atoms with Gasteiger partial charge in [-0.05, 0) is 53.8 Å². The Bertz CT molecular complexity index is 885. The molecule has 0 atom stereocenters. The van der Waals surface area contributed by atoms with Crippen LogP contribution >= 0.6 is 15.9 Å². The molecular formula is C23H26BrN3O2. The first-order chi connectivity index (χ1) is 13.8. The van der Waals surface area contributed by atoms with Gasteiger partial charge in [0.2, 0.25) is 11.8 Å². The van der Waals surface area contributed by atoms with E-state index in [1.807, 2.05) is 25.1 Å². The zero-order chi connectivity index (χ0) is 21.2. The third kappa shape index (κ3) is 8.44. The number of nitrogens with zero attached hydrogens (tertiary/aromatic N) is 1. The van der Waals surface area contributed by atoms with Gasteiger partial charge in [0, 0.05) is 23.0 Å². The van der Waals surface area contributed by atoms with Crippen LogP contribution in [0.25, 0.3) is 6.08 Å². The van der Waals surface area contributed by atoms with Gasteiger partial charge in [-0.3, -0.25) is 9.59 Å². The van der Waals surface area contributed by atoms with Crippen LogP contribution in [0.1, 0.15) is 50.7 Å². The molecule has 0 aliphatic heterocycles.